The molecule has 2 atom stereocenters. The van der Waals surface area contributed by atoms with Crippen LogP contribution in [0, 0.1) is 5.92 Å². The third kappa shape index (κ3) is 3.19. The Balaban J connectivity index is 1.70. The third-order valence-electron chi connectivity index (χ3n) is 3.72. The number of nitrogens with zero attached hydrogens (tertiary/aromatic N) is 1. The normalized spacial score (nSPS) is 28.4. The smallest absolute Gasteiger partial charge is 0.241 e. The van der Waals surface area contributed by atoms with Crippen LogP contribution in [-0.4, -0.2) is 42.4 Å². The molecule has 1 saturated heterocycles. The lowest BCUT2D eigenvalue weighted by Gasteiger charge is -2.16. The molecule has 2 unspecified atom stereocenters. The van der Waals surface area contributed by atoms with Crippen molar-refractivity contribution < 1.29 is 9.59 Å². The molecule has 96 valence electrons. The van der Waals surface area contributed by atoms with Crippen molar-refractivity contribution in [2.24, 2.45) is 11.7 Å². The van der Waals surface area contributed by atoms with Gasteiger partial charge in [0.1, 0.15) is 0 Å². The average Bonchev–Trinajstić information content (AvgIpc) is 2.95. The second kappa shape index (κ2) is 5.49. The molecular formula is C12H21N3O2. The molecule has 1 saturated carbocycles. The van der Waals surface area contributed by atoms with E-state index in [1.54, 1.807) is 0 Å². The first kappa shape index (κ1) is 12.4. The number of nitrogens with two attached hydrogens (primary N) is 1. The molecule has 1 aliphatic carbocycles. The standard InChI is InChI=1S/C12H21N3O2/c13-10-4-3-9(7-10)12(17)14-8-11(16)15-5-1-2-6-15/h9-10H,1-8,13H2,(H,14,17). The van der Waals surface area contributed by atoms with E-state index < -0.39 is 0 Å². The van der Waals surface area contributed by atoms with E-state index in [1.807, 2.05) is 4.90 Å². The number of likely N-dealkylation sites (tertiary alicyclic amines) is 1. The summed E-state index contributed by atoms with van der Waals surface area (Å²) in [6.07, 6.45) is 4.68. The Morgan fingerprint density at radius 2 is 1.94 bits per heavy atom. The van der Waals surface area contributed by atoms with Crippen LogP contribution in [0.5, 0.6) is 0 Å². The van der Waals surface area contributed by atoms with Crippen LogP contribution < -0.4 is 11.1 Å². The zero-order valence-corrected chi connectivity index (χ0v) is 10.2. The zero-order valence-electron chi connectivity index (χ0n) is 10.2. The highest BCUT2D eigenvalue weighted by atomic mass is 16.2. The van der Waals surface area contributed by atoms with E-state index >= 15 is 0 Å². The maximum Gasteiger partial charge on any atom is 0.241 e. The van der Waals surface area contributed by atoms with Gasteiger partial charge in [-0.05, 0) is 32.1 Å². The number of amides is 2. The highest BCUT2D eigenvalue weighted by molar-refractivity contribution is 5.86. The fourth-order valence-electron chi connectivity index (χ4n) is 2.64. The highest BCUT2D eigenvalue weighted by Crippen LogP contribution is 2.23. The first-order chi connectivity index (χ1) is 8.16. The first-order valence-corrected chi connectivity index (χ1v) is 6.48. The quantitative estimate of drug-likeness (QED) is 0.719. The van der Waals surface area contributed by atoms with E-state index in [0.717, 1.165) is 45.2 Å². The second-order valence-corrected chi connectivity index (χ2v) is 5.08. The molecule has 2 fully saturated rings. The number of hydrogen-bond acceptors (Lipinski definition) is 3. The SMILES string of the molecule is NC1CCC(C(=O)NCC(=O)N2CCCC2)C1. The predicted octanol–water partition coefficient (Wildman–Crippen LogP) is -0.148. The van der Waals surface area contributed by atoms with E-state index in [2.05, 4.69) is 5.32 Å². The molecule has 17 heavy (non-hydrogen) atoms. The Morgan fingerprint density at radius 1 is 1.24 bits per heavy atom. The van der Waals surface area contributed by atoms with Crippen molar-refractivity contribution >= 4 is 11.8 Å². The van der Waals surface area contributed by atoms with Gasteiger partial charge < -0.3 is 16.0 Å². The van der Waals surface area contributed by atoms with Gasteiger partial charge >= 0.3 is 0 Å². The number of nitrogens with one attached hydrogen (secondary N) is 1. The van der Waals surface area contributed by atoms with Gasteiger partial charge in [-0.2, -0.15) is 0 Å². The molecule has 0 bridgehead atoms. The van der Waals surface area contributed by atoms with E-state index in [-0.39, 0.29) is 30.3 Å². The van der Waals surface area contributed by atoms with Crippen LogP contribution in [0.2, 0.25) is 0 Å². The van der Waals surface area contributed by atoms with Crippen molar-refractivity contribution in [3.8, 4) is 0 Å². The van der Waals surface area contributed by atoms with E-state index in [9.17, 15) is 9.59 Å². The summed E-state index contributed by atoms with van der Waals surface area (Å²) in [4.78, 5) is 25.3. The molecular weight excluding hydrogens is 218 g/mol. The number of carbonyl (C=O) groups is 2. The van der Waals surface area contributed by atoms with Gasteiger partial charge in [-0.1, -0.05) is 0 Å². The van der Waals surface area contributed by atoms with Gasteiger partial charge in [0, 0.05) is 25.0 Å². The van der Waals surface area contributed by atoms with Gasteiger partial charge in [0.15, 0.2) is 0 Å². The van der Waals surface area contributed by atoms with Crippen LogP contribution in [0.4, 0.5) is 0 Å². The lowest BCUT2D eigenvalue weighted by atomic mass is 10.1. The lowest BCUT2D eigenvalue weighted by Crippen LogP contribution is -2.40. The number of carbonyl (C=O) groups excluding carboxylic acids is 2. The Labute approximate surface area is 102 Å². The summed E-state index contributed by atoms with van der Waals surface area (Å²) in [5, 5.41) is 2.74. The van der Waals surface area contributed by atoms with Crippen molar-refractivity contribution in [2.45, 2.75) is 38.1 Å². The highest BCUT2D eigenvalue weighted by Gasteiger charge is 2.28. The summed E-state index contributed by atoms with van der Waals surface area (Å²) in [7, 11) is 0. The second-order valence-electron chi connectivity index (χ2n) is 5.08. The maximum absolute atomic E-state index is 11.8. The molecule has 2 amide bonds. The maximum atomic E-state index is 11.8. The summed E-state index contributed by atoms with van der Waals surface area (Å²) in [5.41, 5.74) is 5.76. The Kier molecular flexibility index (Phi) is 3.99. The number of rotatable bonds is 3. The summed E-state index contributed by atoms with van der Waals surface area (Å²) in [5.74, 6) is 0.0417. The molecule has 5 nitrogen and oxygen atoms in total. The van der Waals surface area contributed by atoms with E-state index in [4.69, 9.17) is 5.73 Å². The van der Waals surface area contributed by atoms with Gasteiger partial charge in [-0.3, -0.25) is 9.59 Å². The Morgan fingerprint density at radius 3 is 2.53 bits per heavy atom. The Hall–Kier alpha value is -1.10. The van der Waals surface area contributed by atoms with Crippen LogP contribution in [0.25, 0.3) is 0 Å². The minimum absolute atomic E-state index is 0.00880. The third-order valence-corrected chi connectivity index (χ3v) is 3.72. The fourth-order valence-corrected chi connectivity index (χ4v) is 2.64. The van der Waals surface area contributed by atoms with Gasteiger partial charge in [0.2, 0.25) is 11.8 Å². The molecule has 0 aromatic heterocycles. The predicted molar refractivity (Wildman–Crippen MR) is 64.1 cm³/mol. The van der Waals surface area contributed by atoms with Gasteiger partial charge in [0.25, 0.3) is 0 Å². The molecule has 1 aliphatic heterocycles. The molecule has 0 radical (unpaired) electrons. The molecule has 2 rings (SSSR count). The largest absolute Gasteiger partial charge is 0.347 e. The minimum atomic E-state index is -0.00880. The van der Waals surface area contributed by atoms with Crippen molar-refractivity contribution in [2.75, 3.05) is 19.6 Å². The zero-order chi connectivity index (χ0) is 12.3. The van der Waals surface area contributed by atoms with Crippen molar-refractivity contribution in [3.05, 3.63) is 0 Å². The van der Waals surface area contributed by atoms with Crippen molar-refractivity contribution in [1.29, 1.82) is 0 Å². The van der Waals surface area contributed by atoms with Crippen LogP contribution >= 0.6 is 0 Å². The Bertz CT molecular complexity index is 300. The molecule has 0 spiro atoms. The minimum Gasteiger partial charge on any atom is -0.347 e. The molecule has 3 N–H and O–H groups in total. The van der Waals surface area contributed by atoms with Crippen LogP contribution in [0.1, 0.15) is 32.1 Å². The monoisotopic (exact) mass is 239 g/mol. The molecule has 0 aromatic carbocycles. The summed E-state index contributed by atoms with van der Waals surface area (Å²) in [6.45, 7) is 1.82. The summed E-state index contributed by atoms with van der Waals surface area (Å²) < 4.78 is 0. The van der Waals surface area contributed by atoms with E-state index in [1.165, 1.54) is 0 Å². The van der Waals surface area contributed by atoms with Gasteiger partial charge in [-0.15, -0.1) is 0 Å². The van der Waals surface area contributed by atoms with E-state index in [0.29, 0.717) is 0 Å². The molecule has 1 heterocycles. The topological polar surface area (TPSA) is 75.4 Å². The van der Waals surface area contributed by atoms with Crippen molar-refractivity contribution in [3.63, 3.8) is 0 Å². The van der Waals surface area contributed by atoms with Crippen LogP contribution in [0.15, 0.2) is 0 Å². The van der Waals surface area contributed by atoms with Crippen LogP contribution in [-0.2, 0) is 9.59 Å². The summed E-state index contributed by atoms with van der Waals surface area (Å²) >= 11 is 0. The lowest BCUT2D eigenvalue weighted by molar-refractivity contribution is -0.133. The molecule has 0 aromatic rings. The average molecular weight is 239 g/mol. The van der Waals surface area contributed by atoms with Crippen molar-refractivity contribution in [1.82, 2.24) is 10.2 Å². The van der Waals surface area contributed by atoms with Gasteiger partial charge in [-0.25, -0.2) is 0 Å². The van der Waals surface area contributed by atoms with Crippen LogP contribution in [0.3, 0.4) is 0 Å². The van der Waals surface area contributed by atoms with Gasteiger partial charge in [0.05, 0.1) is 6.54 Å². The molecule has 2 aliphatic rings. The summed E-state index contributed by atoms with van der Waals surface area (Å²) in [6, 6.07) is 0.153. The number of hydrogen-bond donors (Lipinski definition) is 2. The molecule has 5 heteroatoms. The fraction of sp³-hybridized carbons (Fsp3) is 0.833. The first-order valence-electron chi connectivity index (χ1n) is 6.48.